The molecular formula is C28H30N10O2S. The summed E-state index contributed by atoms with van der Waals surface area (Å²) in [6.07, 6.45) is 13.7. The predicted molar refractivity (Wildman–Crippen MR) is 154 cm³/mol. The Hall–Kier alpha value is -4.28. The molecule has 0 radical (unpaired) electrons. The van der Waals surface area contributed by atoms with Gasteiger partial charge >= 0.3 is 0 Å². The van der Waals surface area contributed by atoms with Gasteiger partial charge in [-0.3, -0.25) is 4.68 Å². The first-order chi connectivity index (χ1) is 19.9. The molecule has 4 aromatic rings. The zero-order valence-electron chi connectivity index (χ0n) is 22.7. The fraction of sp³-hybridized carbons (Fsp3) is 0.393. The summed E-state index contributed by atoms with van der Waals surface area (Å²) in [6, 6.07) is 3.77. The zero-order chi connectivity index (χ0) is 28.0. The molecule has 1 spiro atoms. The summed E-state index contributed by atoms with van der Waals surface area (Å²) in [4.78, 5) is 16.0. The van der Waals surface area contributed by atoms with Gasteiger partial charge in [-0.2, -0.15) is 14.3 Å². The van der Waals surface area contributed by atoms with Gasteiger partial charge in [0.25, 0.3) is 10.0 Å². The van der Waals surface area contributed by atoms with Crippen molar-refractivity contribution < 1.29 is 8.42 Å². The molecule has 13 heteroatoms. The summed E-state index contributed by atoms with van der Waals surface area (Å²) in [5, 5.41) is 14.7. The van der Waals surface area contributed by atoms with Crippen LogP contribution in [-0.2, 0) is 17.1 Å². The number of nitrogens with one attached hydrogen (secondary N) is 2. The Morgan fingerprint density at radius 1 is 1.02 bits per heavy atom. The maximum absolute atomic E-state index is 12.5. The van der Waals surface area contributed by atoms with Gasteiger partial charge in [-0.1, -0.05) is 11.8 Å². The van der Waals surface area contributed by atoms with E-state index in [9.17, 15) is 8.42 Å². The highest BCUT2D eigenvalue weighted by Gasteiger charge is 2.44. The summed E-state index contributed by atoms with van der Waals surface area (Å²) < 4.78 is 27.8. The second-order valence-electron chi connectivity index (χ2n) is 11.1. The minimum atomic E-state index is -3.46. The SMILES string of the molecule is Cn1cc(C#Cc2cnc(Nc3ccnc(-c4cnn(S(=O)(=O)C5CC5)c4)n3)cc2N2CC3(CCNCC3)C2)cn1. The van der Waals surface area contributed by atoms with Gasteiger partial charge in [0.2, 0.25) is 0 Å². The number of anilines is 3. The number of pyridine rings is 1. The molecule has 210 valence electrons. The first-order valence-electron chi connectivity index (χ1n) is 13.7. The van der Waals surface area contributed by atoms with Gasteiger partial charge in [0.05, 0.1) is 46.2 Å². The fourth-order valence-corrected chi connectivity index (χ4v) is 6.96. The molecule has 3 aliphatic rings. The molecule has 2 saturated heterocycles. The Balaban J connectivity index is 1.15. The lowest BCUT2D eigenvalue weighted by atomic mass is 9.72. The first kappa shape index (κ1) is 25.7. The van der Waals surface area contributed by atoms with E-state index in [1.807, 2.05) is 19.3 Å². The Kier molecular flexibility index (Phi) is 6.24. The van der Waals surface area contributed by atoms with Crippen molar-refractivity contribution in [2.45, 2.75) is 30.9 Å². The van der Waals surface area contributed by atoms with E-state index < -0.39 is 10.0 Å². The lowest BCUT2D eigenvalue weighted by Gasteiger charge is -2.53. The van der Waals surface area contributed by atoms with Crippen molar-refractivity contribution in [3.8, 4) is 23.2 Å². The molecule has 0 bridgehead atoms. The van der Waals surface area contributed by atoms with Gasteiger partial charge in [0, 0.05) is 50.2 Å². The minimum Gasteiger partial charge on any atom is -0.369 e. The van der Waals surface area contributed by atoms with Gasteiger partial charge in [-0.25, -0.2) is 23.4 Å². The van der Waals surface area contributed by atoms with Crippen LogP contribution < -0.4 is 15.5 Å². The van der Waals surface area contributed by atoms with Crippen LogP contribution in [0.2, 0.25) is 0 Å². The van der Waals surface area contributed by atoms with E-state index in [4.69, 9.17) is 0 Å². The Morgan fingerprint density at radius 2 is 1.85 bits per heavy atom. The number of nitrogens with zero attached hydrogens (tertiary/aromatic N) is 8. The van der Waals surface area contributed by atoms with Crippen molar-refractivity contribution in [1.82, 2.24) is 39.2 Å². The molecule has 0 amide bonds. The number of aryl methyl sites for hydroxylation is 1. The Labute approximate surface area is 238 Å². The van der Waals surface area contributed by atoms with Crippen molar-refractivity contribution in [2.24, 2.45) is 12.5 Å². The van der Waals surface area contributed by atoms with Crippen LogP contribution >= 0.6 is 0 Å². The number of hydrogen-bond acceptors (Lipinski definition) is 10. The Bertz CT molecular complexity index is 1770. The molecule has 12 nitrogen and oxygen atoms in total. The topological polar surface area (TPSA) is 136 Å². The molecular weight excluding hydrogens is 540 g/mol. The number of hydrogen-bond donors (Lipinski definition) is 2. The van der Waals surface area contributed by atoms with Gasteiger partial charge in [-0.05, 0) is 44.8 Å². The highest BCUT2D eigenvalue weighted by molar-refractivity contribution is 7.90. The first-order valence-corrected chi connectivity index (χ1v) is 15.2. The highest BCUT2D eigenvalue weighted by Crippen LogP contribution is 2.42. The summed E-state index contributed by atoms with van der Waals surface area (Å²) in [5.74, 6) is 8.06. The molecule has 0 aromatic carbocycles. The molecule has 1 aliphatic carbocycles. The highest BCUT2D eigenvalue weighted by atomic mass is 32.2. The van der Waals surface area contributed by atoms with Crippen molar-refractivity contribution in [2.75, 3.05) is 36.4 Å². The normalized spacial score (nSPS) is 18.0. The second-order valence-corrected chi connectivity index (χ2v) is 13.2. The maximum Gasteiger partial charge on any atom is 0.256 e. The quantitative estimate of drug-likeness (QED) is 0.332. The molecule has 2 N–H and O–H groups in total. The van der Waals surface area contributed by atoms with Gasteiger partial charge < -0.3 is 15.5 Å². The molecule has 3 fully saturated rings. The van der Waals surface area contributed by atoms with E-state index in [1.54, 1.807) is 29.3 Å². The average molecular weight is 571 g/mol. The average Bonchev–Trinajstić information content (AvgIpc) is 3.56. The molecule has 7 rings (SSSR count). The smallest absolute Gasteiger partial charge is 0.256 e. The lowest BCUT2D eigenvalue weighted by Crippen LogP contribution is -2.60. The van der Waals surface area contributed by atoms with Crippen LogP contribution in [-0.4, -0.2) is 73.8 Å². The van der Waals surface area contributed by atoms with Crippen LogP contribution in [0.25, 0.3) is 11.4 Å². The molecule has 41 heavy (non-hydrogen) atoms. The Morgan fingerprint density at radius 3 is 2.61 bits per heavy atom. The molecule has 1 saturated carbocycles. The van der Waals surface area contributed by atoms with Crippen LogP contribution in [0.5, 0.6) is 0 Å². The monoisotopic (exact) mass is 570 g/mol. The van der Waals surface area contributed by atoms with Crippen molar-refractivity contribution in [3.05, 3.63) is 60.4 Å². The summed E-state index contributed by atoms with van der Waals surface area (Å²) >= 11 is 0. The van der Waals surface area contributed by atoms with Crippen LogP contribution in [0.1, 0.15) is 36.8 Å². The number of aromatic nitrogens is 7. The van der Waals surface area contributed by atoms with Crippen LogP contribution in [0.15, 0.2) is 49.3 Å². The third kappa shape index (κ3) is 5.16. The van der Waals surface area contributed by atoms with E-state index in [2.05, 4.69) is 52.5 Å². The third-order valence-corrected chi connectivity index (χ3v) is 9.96. The fourth-order valence-electron chi connectivity index (χ4n) is 5.48. The number of piperidine rings is 1. The summed E-state index contributed by atoms with van der Waals surface area (Å²) in [5.41, 5.74) is 3.62. The van der Waals surface area contributed by atoms with Crippen LogP contribution in [0.4, 0.5) is 17.3 Å². The van der Waals surface area contributed by atoms with Gasteiger partial charge in [0.15, 0.2) is 5.82 Å². The van der Waals surface area contributed by atoms with Crippen molar-refractivity contribution >= 4 is 27.3 Å². The maximum atomic E-state index is 12.5. The van der Waals surface area contributed by atoms with Crippen molar-refractivity contribution in [3.63, 3.8) is 0 Å². The van der Waals surface area contributed by atoms with Crippen LogP contribution in [0, 0.1) is 17.3 Å². The molecule has 0 atom stereocenters. The standard InChI is InChI=1S/C28H30N10O2S/c1-36-16-20(13-32-36)2-3-21-14-31-26(12-24(21)37-18-28(19-37)7-10-29-11-8-28)34-25-6-9-30-27(35-25)22-15-33-38(17-22)41(39,40)23-4-5-23/h6,9,12-17,23,29H,4-5,7-8,10-11,18-19H2,1H3,(H,30,31,34,35). The second kappa shape index (κ2) is 9.97. The predicted octanol–water partition coefficient (Wildman–Crippen LogP) is 2.14. The summed E-state index contributed by atoms with van der Waals surface area (Å²) in [7, 11) is -1.58. The van der Waals surface area contributed by atoms with Crippen LogP contribution in [0.3, 0.4) is 0 Å². The molecule has 6 heterocycles. The number of rotatable bonds is 6. The van der Waals surface area contributed by atoms with E-state index in [0.717, 1.165) is 47.1 Å². The van der Waals surface area contributed by atoms with E-state index >= 15 is 0 Å². The van der Waals surface area contributed by atoms with Gasteiger partial charge in [-0.15, -0.1) is 0 Å². The van der Waals surface area contributed by atoms with Gasteiger partial charge in [0.1, 0.15) is 11.6 Å². The zero-order valence-corrected chi connectivity index (χ0v) is 23.5. The lowest BCUT2D eigenvalue weighted by molar-refractivity contribution is 0.150. The molecule has 4 aromatic heterocycles. The third-order valence-electron chi connectivity index (χ3n) is 7.92. The van der Waals surface area contributed by atoms with E-state index in [1.165, 1.54) is 25.2 Å². The minimum absolute atomic E-state index is 0.350. The van der Waals surface area contributed by atoms with E-state index in [-0.39, 0.29) is 5.25 Å². The van der Waals surface area contributed by atoms with Crippen molar-refractivity contribution in [1.29, 1.82) is 0 Å². The molecule has 2 aliphatic heterocycles. The van der Waals surface area contributed by atoms with E-state index in [0.29, 0.717) is 41.3 Å². The molecule has 0 unspecified atom stereocenters. The summed E-state index contributed by atoms with van der Waals surface area (Å²) in [6.45, 7) is 4.11. The largest absolute Gasteiger partial charge is 0.369 e.